The summed E-state index contributed by atoms with van der Waals surface area (Å²) in [6.07, 6.45) is 3.07. The molecule has 32 heavy (non-hydrogen) atoms. The Kier molecular flexibility index (Phi) is 6.30. The van der Waals surface area contributed by atoms with Gasteiger partial charge in [-0.3, -0.25) is 19.0 Å². The van der Waals surface area contributed by atoms with Crippen molar-refractivity contribution in [2.45, 2.75) is 45.1 Å². The van der Waals surface area contributed by atoms with Crippen molar-refractivity contribution in [3.05, 3.63) is 99.2 Å². The molecule has 164 valence electrons. The molecule has 1 amide bonds. The van der Waals surface area contributed by atoms with Crippen molar-refractivity contribution in [1.29, 1.82) is 0 Å². The van der Waals surface area contributed by atoms with Gasteiger partial charge in [0.25, 0.3) is 11.5 Å². The van der Waals surface area contributed by atoms with E-state index >= 15 is 0 Å². The third-order valence-electron chi connectivity index (χ3n) is 5.84. The molecule has 1 heterocycles. The molecule has 1 N–H and O–H groups in total. The van der Waals surface area contributed by atoms with Gasteiger partial charge in [-0.2, -0.15) is 0 Å². The average Bonchev–Trinajstić information content (AvgIpc) is 2.79. The lowest BCUT2D eigenvalue weighted by molar-refractivity contribution is 0.0936. The minimum atomic E-state index is -0.507. The molecule has 0 saturated carbocycles. The third-order valence-corrected chi connectivity index (χ3v) is 5.84. The van der Waals surface area contributed by atoms with Crippen LogP contribution in [0, 0.1) is 5.82 Å². The molecule has 0 fully saturated rings. The Morgan fingerprint density at radius 3 is 2.50 bits per heavy atom. The summed E-state index contributed by atoms with van der Waals surface area (Å²) in [5.41, 5.74) is 2.00. The van der Waals surface area contributed by atoms with Gasteiger partial charge in [-0.1, -0.05) is 30.3 Å². The number of nitrogens with one attached hydrogen (secondary N) is 1. The predicted octanol–water partition coefficient (Wildman–Crippen LogP) is 4.25. The molecule has 0 spiro atoms. The van der Waals surface area contributed by atoms with Gasteiger partial charge in [-0.15, -0.1) is 0 Å². The van der Waals surface area contributed by atoms with E-state index in [9.17, 15) is 18.8 Å². The molecule has 6 heteroatoms. The fourth-order valence-electron chi connectivity index (χ4n) is 4.12. The predicted molar refractivity (Wildman–Crippen MR) is 121 cm³/mol. The summed E-state index contributed by atoms with van der Waals surface area (Å²) < 4.78 is 14.8. The highest BCUT2D eigenvalue weighted by Crippen LogP contribution is 2.24. The summed E-state index contributed by atoms with van der Waals surface area (Å²) in [6.45, 7) is 1.89. The monoisotopic (exact) mass is 432 g/mol. The molecule has 1 aliphatic rings. The highest BCUT2D eigenvalue weighted by atomic mass is 19.1. The lowest BCUT2D eigenvalue weighted by atomic mass is 9.92. The largest absolute Gasteiger partial charge is 0.349 e. The number of aromatic nitrogens is 1. The van der Waals surface area contributed by atoms with Crippen LogP contribution in [0.25, 0.3) is 5.69 Å². The highest BCUT2D eigenvalue weighted by molar-refractivity contribution is 6.02. The standard InChI is InChI=1S/C26H25FN2O3/c1-17(10-11-18-6-3-2-4-7-18)28-25(31)22-16-21-23(8-5-9-24(21)30)29(26(22)32)20-14-12-19(27)13-15-20/h2-4,6-7,12-17H,5,8-11H2,1H3,(H,28,31). The summed E-state index contributed by atoms with van der Waals surface area (Å²) in [7, 11) is 0. The van der Waals surface area contributed by atoms with Crippen LogP contribution >= 0.6 is 0 Å². The lowest BCUT2D eigenvalue weighted by Crippen LogP contribution is -2.39. The Balaban J connectivity index is 1.64. The van der Waals surface area contributed by atoms with Crippen LogP contribution in [-0.2, 0) is 12.8 Å². The van der Waals surface area contributed by atoms with E-state index in [0.717, 1.165) is 6.42 Å². The highest BCUT2D eigenvalue weighted by Gasteiger charge is 2.26. The van der Waals surface area contributed by atoms with Gasteiger partial charge in [0, 0.05) is 29.4 Å². The molecule has 1 atom stereocenters. The van der Waals surface area contributed by atoms with Crippen molar-refractivity contribution >= 4 is 11.7 Å². The van der Waals surface area contributed by atoms with Crippen molar-refractivity contribution in [3.8, 4) is 5.69 Å². The number of ketones is 1. The van der Waals surface area contributed by atoms with Gasteiger partial charge in [0.2, 0.25) is 0 Å². The van der Waals surface area contributed by atoms with Crippen LogP contribution < -0.4 is 10.9 Å². The second-order valence-electron chi connectivity index (χ2n) is 8.21. The molecule has 0 radical (unpaired) electrons. The number of hydrogen-bond donors (Lipinski definition) is 1. The number of benzene rings is 2. The topological polar surface area (TPSA) is 68.2 Å². The maximum absolute atomic E-state index is 13.4. The minimum Gasteiger partial charge on any atom is -0.349 e. The number of pyridine rings is 1. The Hall–Kier alpha value is -3.54. The van der Waals surface area contributed by atoms with Crippen molar-refractivity contribution in [3.63, 3.8) is 0 Å². The first-order chi connectivity index (χ1) is 15.4. The molecule has 1 aromatic heterocycles. The van der Waals surface area contributed by atoms with Crippen molar-refractivity contribution < 1.29 is 14.0 Å². The lowest BCUT2D eigenvalue weighted by Gasteiger charge is -2.22. The van der Waals surface area contributed by atoms with Gasteiger partial charge in [-0.05, 0) is 68.5 Å². The zero-order valence-corrected chi connectivity index (χ0v) is 17.9. The number of aryl methyl sites for hydroxylation is 1. The number of amides is 1. The Bertz CT molecular complexity index is 1200. The van der Waals surface area contributed by atoms with E-state index in [1.807, 2.05) is 37.3 Å². The number of hydrogen-bond acceptors (Lipinski definition) is 3. The van der Waals surface area contributed by atoms with E-state index in [4.69, 9.17) is 0 Å². The summed E-state index contributed by atoms with van der Waals surface area (Å²) in [5.74, 6) is -1.02. The number of halogens is 1. The van der Waals surface area contributed by atoms with E-state index in [2.05, 4.69) is 5.32 Å². The summed E-state index contributed by atoms with van der Waals surface area (Å²) in [6, 6.07) is 16.7. The number of nitrogens with zero attached hydrogens (tertiary/aromatic N) is 1. The van der Waals surface area contributed by atoms with E-state index in [0.29, 0.717) is 42.6 Å². The minimum absolute atomic E-state index is 0.0742. The van der Waals surface area contributed by atoms with Gasteiger partial charge in [-0.25, -0.2) is 4.39 Å². The van der Waals surface area contributed by atoms with Crippen LogP contribution in [0.2, 0.25) is 0 Å². The normalized spacial score (nSPS) is 14.0. The Morgan fingerprint density at radius 1 is 1.06 bits per heavy atom. The number of rotatable bonds is 6. The quantitative estimate of drug-likeness (QED) is 0.633. The maximum Gasteiger partial charge on any atom is 0.268 e. The van der Waals surface area contributed by atoms with E-state index < -0.39 is 17.3 Å². The van der Waals surface area contributed by atoms with Crippen LogP contribution in [0.1, 0.15) is 58.2 Å². The van der Waals surface area contributed by atoms with Crippen LogP contribution in [0.3, 0.4) is 0 Å². The molecule has 1 unspecified atom stereocenters. The second kappa shape index (κ2) is 9.30. The van der Waals surface area contributed by atoms with E-state index in [1.54, 1.807) is 0 Å². The molecule has 4 rings (SSSR count). The SMILES string of the molecule is CC(CCc1ccccc1)NC(=O)c1cc2c(n(-c3ccc(F)cc3)c1=O)CCCC2=O. The summed E-state index contributed by atoms with van der Waals surface area (Å²) in [4.78, 5) is 38.9. The number of carbonyl (C=O) groups is 2. The van der Waals surface area contributed by atoms with Gasteiger partial charge in [0.1, 0.15) is 11.4 Å². The second-order valence-corrected chi connectivity index (χ2v) is 8.21. The first-order valence-electron chi connectivity index (χ1n) is 10.9. The van der Waals surface area contributed by atoms with Crippen molar-refractivity contribution in [2.24, 2.45) is 0 Å². The number of Topliss-reactive ketones (excluding diaryl/α,β-unsaturated/α-hetero) is 1. The first-order valence-corrected chi connectivity index (χ1v) is 10.9. The molecule has 2 aromatic carbocycles. The molecular formula is C26H25FN2O3. The summed E-state index contributed by atoms with van der Waals surface area (Å²) >= 11 is 0. The first kappa shape index (κ1) is 21.7. The molecule has 0 bridgehead atoms. The maximum atomic E-state index is 13.4. The smallest absolute Gasteiger partial charge is 0.268 e. The fourth-order valence-corrected chi connectivity index (χ4v) is 4.12. The summed E-state index contributed by atoms with van der Waals surface area (Å²) in [5, 5.41) is 2.89. The molecule has 1 aliphatic carbocycles. The average molecular weight is 432 g/mol. The molecule has 0 aliphatic heterocycles. The van der Waals surface area contributed by atoms with Crippen molar-refractivity contribution in [1.82, 2.24) is 9.88 Å². The fraction of sp³-hybridized carbons (Fsp3) is 0.269. The molecule has 0 saturated heterocycles. The van der Waals surface area contributed by atoms with Gasteiger partial charge in [0.15, 0.2) is 5.78 Å². The van der Waals surface area contributed by atoms with Crippen LogP contribution in [0.15, 0.2) is 65.5 Å². The van der Waals surface area contributed by atoms with E-state index in [-0.39, 0.29) is 17.4 Å². The zero-order chi connectivity index (χ0) is 22.7. The van der Waals surface area contributed by atoms with Gasteiger partial charge in [0.05, 0.1) is 0 Å². The van der Waals surface area contributed by atoms with Crippen LogP contribution in [0.4, 0.5) is 4.39 Å². The van der Waals surface area contributed by atoms with Gasteiger partial charge >= 0.3 is 0 Å². The van der Waals surface area contributed by atoms with Crippen molar-refractivity contribution in [2.75, 3.05) is 0 Å². The molecule has 5 nitrogen and oxygen atoms in total. The number of carbonyl (C=O) groups excluding carboxylic acids is 2. The third kappa shape index (κ3) is 4.54. The van der Waals surface area contributed by atoms with E-state index in [1.165, 1.54) is 40.5 Å². The Labute approximate surface area is 185 Å². The van der Waals surface area contributed by atoms with Crippen LogP contribution in [-0.4, -0.2) is 22.3 Å². The number of fused-ring (bicyclic) bond motifs is 1. The zero-order valence-electron chi connectivity index (χ0n) is 17.9. The molecular weight excluding hydrogens is 407 g/mol. The van der Waals surface area contributed by atoms with Gasteiger partial charge < -0.3 is 5.32 Å². The Morgan fingerprint density at radius 2 is 1.78 bits per heavy atom. The molecule has 3 aromatic rings. The van der Waals surface area contributed by atoms with Crippen LogP contribution in [0.5, 0.6) is 0 Å².